The zero-order chi connectivity index (χ0) is 18.1. The van der Waals surface area contributed by atoms with Crippen molar-refractivity contribution in [1.29, 1.82) is 0 Å². The first kappa shape index (κ1) is 16.3. The van der Waals surface area contributed by atoms with Crippen molar-refractivity contribution in [2.75, 3.05) is 33.9 Å². The van der Waals surface area contributed by atoms with Crippen molar-refractivity contribution in [2.24, 2.45) is 11.8 Å². The van der Waals surface area contributed by atoms with Crippen molar-refractivity contribution in [1.82, 2.24) is 4.98 Å². The van der Waals surface area contributed by atoms with E-state index in [-0.39, 0.29) is 28.5 Å². The molecule has 1 N–H and O–H groups in total. The molecule has 2 saturated heterocycles. The highest BCUT2D eigenvalue weighted by Gasteiger charge is 2.64. The number of hydroxylamine groups is 3. The number of piperidine rings is 1. The molecule has 26 heavy (non-hydrogen) atoms. The van der Waals surface area contributed by atoms with E-state index in [0.29, 0.717) is 26.2 Å². The van der Waals surface area contributed by atoms with Gasteiger partial charge < -0.3 is 24.3 Å². The monoisotopic (exact) mass is 356 g/mol. The van der Waals surface area contributed by atoms with Crippen LogP contribution in [-0.4, -0.2) is 49.5 Å². The summed E-state index contributed by atoms with van der Waals surface area (Å²) in [4.78, 5) is 16.6. The highest BCUT2D eigenvalue weighted by atomic mass is 16.5. The maximum atomic E-state index is 13.5. The Morgan fingerprint density at radius 2 is 2.19 bits per heavy atom. The molecule has 5 rings (SSSR count). The lowest BCUT2D eigenvalue weighted by Gasteiger charge is -2.59. The molecule has 3 heterocycles. The number of para-hydroxylation sites is 1. The summed E-state index contributed by atoms with van der Waals surface area (Å²) in [6.45, 7) is 1.41. The molecule has 4 bridgehead atoms. The van der Waals surface area contributed by atoms with Crippen molar-refractivity contribution < 1.29 is 18.9 Å². The maximum Gasteiger partial charge on any atom is 0.320 e. The molecule has 6 nitrogen and oxygen atoms in total. The molecule has 138 valence electrons. The average molecular weight is 356 g/mol. The fourth-order valence-electron chi connectivity index (χ4n) is 5.97. The molecule has 6 heteroatoms. The van der Waals surface area contributed by atoms with E-state index in [1.807, 2.05) is 18.2 Å². The molecule has 1 aromatic heterocycles. The normalized spacial score (nSPS) is 38.5. The van der Waals surface area contributed by atoms with Crippen LogP contribution in [0.2, 0.25) is 0 Å². The molecule has 2 aliphatic heterocycles. The molecular weight excluding hydrogens is 332 g/mol. The summed E-state index contributed by atoms with van der Waals surface area (Å²) in [5.41, 5.74) is 1.98. The Hall–Kier alpha value is -1.89. The van der Waals surface area contributed by atoms with Gasteiger partial charge in [0.15, 0.2) is 0 Å². The van der Waals surface area contributed by atoms with Crippen LogP contribution < -0.4 is 0 Å². The number of hydrogen-bond acceptors (Lipinski definition) is 4. The van der Waals surface area contributed by atoms with Crippen molar-refractivity contribution in [3.8, 4) is 0 Å². The van der Waals surface area contributed by atoms with E-state index in [0.717, 1.165) is 28.6 Å². The first-order valence-corrected chi connectivity index (χ1v) is 9.34. The molecule has 5 atom stereocenters. The second-order valence-corrected chi connectivity index (χ2v) is 8.17. The number of benzene rings is 1. The number of nitrogens with one attached hydrogen (secondary N) is 1. The van der Waals surface area contributed by atoms with Gasteiger partial charge >= 0.3 is 5.97 Å². The molecule has 0 amide bonds. The summed E-state index contributed by atoms with van der Waals surface area (Å²) < 4.78 is 10.9. The number of carbonyl (C=O) groups is 1. The van der Waals surface area contributed by atoms with Crippen molar-refractivity contribution in [3.05, 3.63) is 40.7 Å². The quantitative estimate of drug-likeness (QED) is 0.484. The second kappa shape index (κ2) is 5.31. The van der Waals surface area contributed by atoms with Gasteiger partial charge in [-0.15, -0.1) is 0 Å². The minimum atomic E-state index is -0.846. The lowest BCUT2D eigenvalue weighted by atomic mass is 9.56. The zero-order valence-electron chi connectivity index (χ0n) is 15.2. The van der Waals surface area contributed by atoms with E-state index >= 15 is 0 Å². The van der Waals surface area contributed by atoms with Gasteiger partial charge in [-0.3, -0.25) is 4.79 Å². The number of hydrogen-bond donors (Lipinski definition) is 1. The number of rotatable bonds is 1. The van der Waals surface area contributed by atoms with Gasteiger partial charge in [0, 0.05) is 41.1 Å². The van der Waals surface area contributed by atoms with Crippen LogP contribution in [0.1, 0.15) is 30.1 Å². The van der Waals surface area contributed by atoms with E-state index in [1.165, 1.54) is 7.11 Å². The molecule has 3 aliphatic rings. The first-order valence-electron chi connectivity index (χ1n) is 9.34. The number of likely N-dealkylation sites (tertiary alicyclic amines) is 1. The fraction of sp³-hybridized carbons (Fsp3) is 0.550. The largest absolute Gasteiger partial charge is 0.633 e. The van der Waals surface area contributed by atoms with E-state index in [2.05, 4.69) is 11.1 Å². The van der Waals surface area contributed by atoms with Crippen LogP contribution in [0.25, 0.3) is 10.9 Å². The Morgan fingerprint density at radius 3 is 3.00 bits per heavy atom. The number of esters is 1. The molecule has 0 radical (unpaired) electrons. The Labute approximate surface area is 152 Å². The fourth-order valence-corrected chi connectivity index (χ4v) is 5.97. The molecule has 2 fully saturated rings. The van der Waals surface area contributed by atoms with Crippen molar-refractivity contribution >= 4 is 16.9 Å². The van der Waals surface area contributed by atoms with Crippen LogP contribution in [0, 0.1) is 17.0 Å². The van der Waals surface area contributed by atoms with Gasteiger partial charge in [0.2, 0.25) is 0 Å². The Balaban J connectivity index is 1.90. The number of aromatic nitrogens is 1. The second-order valence-electron chi connectivity index (χ2n) is 8.17. The van der Waals surface area contributed by atoms with Crippen molar-refractivity contribution in [2.45, 2.75) is 24.3 Å². The van der Waals surface area contributed by atoms with Crippen molar-refractivity contribution in [3.63, 3.8) is 0 Å². The highest BCUT2D eigenvalue weighted by Crippen LogP contribution is 2.60. The average Bonchev–Trinajstić information content (AvgIpc) is 2.93. The molecule has 1 aromatic carbocycles. The third-order valence-corrected chi connectivity index (χ3v) is 6.99. The minimum Gasteiger partial charge on any atom is -0.633 e. The summed E-state index contributed by atoms with van der Waals surface area (Å²) in [6.07, 6.45) is 1.53. The number of ether oxygens (including phenoxy) is 2. The smallest absolute Gasteiger partial charge is 0.320 e. The standard InChI is InChI=1S/C20H24N2O4/c1-22(24)9-7-14-12-8-10-26-11-20(14,19(23)25-2)18-16(17(12)22)13-5-3-4-6-15(13)21-18/h3-6,12,14,17,21H,7-11H2,1-2H3/t12-,14-,17+,20-,22-/m0/s1. The van der Waals surface area contributed by atoms with Gasteiger partial charge in [-0.2, -0.15) is 0 Å². The third kappa shape index (κ3) is 1.84. The van der Waals surface area contributed by atoms with Gasteiger partial charge in [-0.25, -0.2) is 0 Å². The summed E-state index contributed by atoms with van der Waals surface area (Å²) >= 11 is 0. The molecule has 0 spiro atoms. The van der Waals surface area contributed by atoms with E-state index in [1.54, 1.807) is 7.05 Å². The van der Waals surface area contributed by atoms with Crippen LogP contribution >= 0.6 is 0 Å². The summed E-state index contributed by atoms with van der Waals surface area (Å²) in [7, 11) is 3.23. The Morgan fingerprint density at radius 1 is 1.38 bits per heavy atom. The number of quaternary nitrogens is 1. The summed E-state index contributed by atoms with van der Waals surface area (Å²) in [5, 5.41) is 14.5. The van der Waals surface area contributed by atoms with Crippen LogP contribution in [0.5, 0.6) is 0 Å². The van der Waals surface area contributed by atoms with Crippen LogP contribution in [0.4, 0.5) is 0 Å². The Bertz CT molecular complexity index is 889. The maximum absolute atomic E-state index is 13.5. The van der Waals surface area contributed by atoms with E-state index in [9.17, 15) is 10.0 Å². The molecule has 1 aliphatic carbocycles. The number of methoxy groups -OCH3 is 1. The number of H-pyrrole nitrogens is 1. The first-order chi connectivity index (χ1) is 12.5. The highest BCUT2D eigenvalue weighted by molar-refractivity contribution is 5.92. The van der Waals surface area contributed by atoms with Gasteiger partial charge in [-0.05, 0) is 18.4 Å². The van der Waals surface area contributed by atoms with Crippen LogP contribution in [0.15, 0.2) is 24.3 Å². The topological polar surface area (TPSA) is 74.4 Å². The molecular formula is C20H24N2O4. The molecule has 0 saturated carbocycles. The predicted molar refractivity (Wildman–Crippen MR) is 96.2 cm³/mol. The van der Waals surface area contributed by atoms with E-state index in [4.69, 9.17) is 9.47 Å². The Kier molecular flexibility index (Phi) is 3.33. The van der Waals surface area contributed by atoms with Gasteiger partial charge in [0.1, 0.15) is 11.5 Å². The number of aromatic amines is 1. The third-order valence-electron chi connectivity index (χ3n) is 6.99. The number of fused-ring (bicyclic) bond motifs is 5. The zero-order valence-corrected chi connectivity index (χ0v) is 15.2. The SMILES string of the molecule is COC(=O)[C@@]12COCC[C@H]3[C@@H]1CC[N@+](C)([O-])[C@H]3c1c2[nH]c2ccccc12. The lowest BCUT2D eigenvalue weighted by Crippen LogP contribution is -2.62. The van der Waals surface area contributed by atoms with Gasteiger partial charge in [-0.1, -0.05) is 18.2 Å². The lowest BCUT2D eigenvalue weighted by molar-refractivity contribution is -0.905. The van der Waals surface area contributed by atoms with Gasteiger partial charge in [0.25, 0.3) is 0 Å². The number of carbonyl (C=O) groups excluding carboxylic acids is 1. The molecule has 2 aromatic rings. The minimum absolute atomic E-state index is 0.0724. The summed E-state index contributed by atoms with van der Waals surface area (Å²) in [5.74, 6) is -0.0506. The van der Waals surface area contributed by atoms with Gasteiger partial charge in [0.05, 0.1) is 27.3 Å². The van der Waals surface area contributed by atoms with E-state index < -0.39 is 5.41 Å². The molecule has 0 unspecified atom stereocenters. The number of nitrogens with zero attached hydrogens (tertiary/aromatic N) is 1. The predicted octanol–water partition coefficient (Wildman–Crippen LogP) is 2.63. The van der Waals surface area contributed by atoms with Crippen LogP contribution in [-0.2, 0) is 19.7 Å². The summed E-state index contributed by atoms with van der Waals surface area (Å²) in [6, 6.07) is 7.86. The van der Waals surface area contributed by atoms with Crippen LogP contribution in [0.3, 0.4) is 0 Å².